The van der Waals surface area contributed by atoms with Gasteiger partial charge >= 0.3 is 17.8 Å². The van der Waals surface area contributed by atoms with E-state index in [0.29, 0.717) is 11.3 Å². The van der Waals surface area contributed by atoms with Crippen molar-refractivity contribution in [3.05, 3.63) is 124 Å². The number of esters is 1. The Bertz CT molecular complexity index is 1600. The van der Waals surface area contributed by atoms with Crippen LogP contribution in [0.3, 0.4) is 0 Å². The molecule has 3 N–H and O–H groups in total. The maximum Gasteiger partial charge on any atom is 0.345 e. The molecule has 0 radical (unpaired) electrons. The van der Waals surface area contributed by atoms with E-state index >= 15 is 0 Å². The Kier molecular flexibility index (Phi) is 9.01. The summed E-state index contributed by atoms with van der Waals surface area (Å²) in [6.45, 7) is 1.90. The van der Waals surface area contributed by atoms with Gasteiger partial charge in [0, 0.05) is 5.69 Å². The third-order valence-corrected chi connectivity index (χ3v) is 5.80. The highest BCUT2D eigenvalue weighted by Crippen LogP contribution is 2.20. The first-order valence-electron chi connectivity index (χ1n) is 12.0. The number of anilines is 2. The second-order valence-corrected chi connectivity index (χ2v) is 8.87. The van der Waals surface area contributed by atoms with Crippen molar-refractivity contribution < 1.29 is 23.9 Å². The molecule has 4 rings (SSSR count). The predicted molar refractivity (Wildman–Crippen MR) is 153 cm³/mol. The SMILES string of the molecule is Cc1cccc(NC(=O)c2ccccc2NC(=O)C(=O)NN=Cc2ccc(OC(=O)c3ccccc3Cl)cc2)c1. The van der Waals surface area contributed by atoms with Gasteiger partial charge < -0.3 is 15.4 Å². The molecule has 0 saturated carbocycles. The molecule has 10 heteroatoms. The van der Waals surface area contributed by atoms with Crippen LogP contribution in [0.5, 0.6) is 5.75 Å². The maximum absolute atomic E-state index is 12.8. The number of carbonyl (C=O) groups excluding carboxylic acids is 4. The summed E-state index contributed by atoms with van der Waals surface area (Å²) < 4.78 is 5.31. The Labute approximate surface area is 234 Å². The van der Waals surface area contributed by atoms with Crippen LogP contribution in [-0.2, 0) is 9.59 Å². The highest BCUT2D eigenvalue weighted by molar-refractivity contribution is 6.40. The van der Waals surface area contributed by atoms with Gasteiger partial charge in [-0.1, -0.05) is 48.0 Å². The van der Waals surface area contributed by atoms with Crippen LogP contribution in [-0.4, -0.2) is 29.9 Å². The van der Waals surface area contributed by atoms with Crippen molar-refractivity contribution in [2.75, 3.05) is 10.6 Å². The number of ether oxygens (including phenoxy) is 1. The monoisotopic (exact) mass is 554 g/mol. The van der Waals surface area contributed by atoms with Crippen LogP contribution in [0.15, 0.2) is 102 Å². The molecule has 9 nitrogen and oxygen atoms in total. The van der Waals surface area contributed by atoms with Crippen LogP contribution in [0.4, 0.5) is 11.4 Å². The lowest BCUT2D eigenvalue weighted by atomic mass is 10.1. The molecule has 0 aliphatic carbocycles. The van der Waals surface area contributed by atoms with Crippen molar-refractivity contribution in [3.63, 3.8) is 0 Å². The maximum atomic E-state index is 12.8. The number of halogens is 1. The van der Waals surface area contributed by atoms with Crippen molar-refractivity contribution in [1.82, 2.24) is 5.43 Å². The minimum atomic E-state index is -1.03. The van der Waals surface area contributed by atoms with Crippen molar-refractivity contribution in [3.8, 4) is 5.75 Å². The second-order valence-electron chi connectivity index (χ2n) is 8.46. The average Bonchev–Trinajstić information content (AvgIpc) is 2.94. The van der Waals surface area contributed by atoms with Crippen molar-refractivity contribution >= 4 is 52.9 Å². The quantitative estimate of drug-likeness (QED) is 0.0950. The van der Waals surface area contributed by atoms with Crippen LogP contribution in [0.1, 0.15) is 31.8 Å². The van der Waals surface area contributed by atoms with E-state index in [9.17, 15) is 19.2 Å². The van der Waals surface area contributed by atoms with Gasteiger partial charge in [0.1, 0.15) is 5.75 Å². The average molecular weight is 555 g/mol. The molecule has 0 aliphatic heterocycles. The highest BCUT2D eigenvalue weighted by Gasteiger charge is 2.18. The summed E-state index contributed by atoms with van der Waals surface area (Å²) in [6, 6.07) is 26.4. The smallest absolute Gasteiger partial charge is 0.345 e. The molecule has 0 aliphatic rings. The molecule has 3 amide bonds. The number of para-hydroxylation sites is 1. The molecule has 4 aromatic rings. The molecule has 4 aromatic carbocycles. The fraction of sp³-hybridized carbons (Fsp3) is 0.0333. The molecule has 200 valence electrons. The van der Waals surface area contributed by atoms with Crippen molar-refractivity contribution in [2.45, 2.75) is 6.92 Å². The number of amides is 3. The van der Waals surface area contributed by atoms with Gasteiger partial charge in [-0.2, -0.15) is 5.10 Å². The largest absolute Gasteiger partial charge is 0.423 e. The summed E-state index contributed by atoms with van der Waals surface area (Å²) in [7, 11) is 0. The van der Waals surface area contributed by atoms with E-state index in [2.05, 4.69) is 21.2 Å². The van der Waals surface area contributed by atoms with Crippen LogP contribution < -0.4 is 20.8 Å². The number of hydrazone groups is 1. The van der Waals surface area contributed by atoms with Gasteiger partial charge in [-0.15, -0.1) is 0 Å². The van der Waals surface area contributed by atoms with Crippen molar-refractivity contribution in [1.29, 1.82) is 0 Å². The molecule has 0 spiro atoms. The third-order valence-electron chi connectivity index (χ3n) is 5.47. The molecular formula is C30H23ClN4O5. The summed E-state index contributed by atoms with van der Waals surface area (Å²) in [5.74, 6) is -2.79. The zero-order chi connectivity index (χ0) is 28.5. The number of nitrogens with one attached hydrogen (secondary N) is 3. The summed E-state index contributed by atoms with van der Waals surface area (Å²) in [6.07, 6.45) is 1.31. The zero-order valence-corrected chi connectivity index (χ0v) is 21.9. The third kappa shape index (κ3) is 7.40. The zero-order valence-electron chi connectivity index (χ0n) is 21.2. The first kappa shape index (κ1) is 27.7. The molecule has 40 heavy (non-hydrogen) atoms. The second kappa shape index (κ2) is 13.0. The molecule has 0 heterocycles. The first-order valence-corrected chi connectivity index (χ1v) is 12.4. The van der Waals surface area contributed by atoms with Gasteiger partial charge in [-0.3, -0.25) is 14.4 Å². The number of hydrogen-bond acceptors (Lipinski definition) is 6. The van der Waals surface area contributed by atoms with E-state index in [1.54, 1.807) is 66.7 Å². The summed E-state index contributed by atoms with van der Waals surface area (Å²) in [4.78, 5) is 49.8. The summed E-state index contributed by atoms with van der Waals surface area (Å²) in [5.41, 5.74) is 4.87. The van der Waals surface area contributed by atoms with Gasteiger partial charge in [-0.25, -0.2) is 10.2 Å². The lowest BCUT2D eigenvalue weighted by molar-refractivity contribution is -0.136. The number of hydrogen-bond donors (Lipinski definition) is 3. The van der Waals surface area contributed by atoms with E-state index in [0.717, 1.165) is 5.56 Å². The molecular weight excluding hydrogens is 532 g/mol. The van der Waals surface area contributed by atoms with Gasteiger partial charge in [0.25, 0.3) is 5.91 Å². The van der Waals surface area contributed by atoms with Crippen molar-refractivity contribution in [2.24, 2.45) is 5.10 Å². The van der Waals surface area contributed by atoms with E-state index in [1.165, 1.54) is 18.3 Å². The van der Waals surface area contributed by atoms with E-state index < -0.39 is 23.7 Å². The summed E-state index contributed by atoms with van der Waals surface area (Å²) >= 11 is 6.02. The number of benzene rings is 4. The van der Waals surface area contributed by atoms with Crippen LogP contribution >= 0.6 is 11.6 Å². The minimum absolute atomic E-state index is 0.165. The minimum Gasteiger partial charge on any atom is -0.423 e. The Balaban J connectivity index is 1.31. The summed E-state index contributed by atoms with van der Waals surface area (Å²) in [5, 5.41) is 9.28. The van der Waals surface area contributed by atoms with Crippen LogP contribution in [0.25, 0.3) is 0 Å². The van der Waals surface area contributed by atoms with Crippen LogP contribution in [0, 0.1) is 6.92 Å². The molecule has 0 bridgehead atoms. The number of aryl methyl sites for hydroxylation is 1. The van der Waals surface area contributed by atoms with E-state index in [-0.39, 0.29) is 27.6 Å². The van der Waals surface area contributed by atoms with E-state index in [1.807, 2.05) is 25.1 Å². The molecule has 0 fully saturated rings. The Hall–Kier alpha value is -5.28. The molecule has 0 atom stereocenters. The van der Waals surface area contributed by atoms with E-state index in [4.69, 9.17) is 16.3 Å². The topological polar surface area (TPSA) is 126 Å². The number of carbonyl (C=O) groups is 4. The van der Waals surface area contributed by atoms with Gasteiger partial charge in [0.2, 0.25) is 0 Å². The van der Waals surface area contributed by atoms with Crippen LogP contribution in [0.2, 0.25) is 5.02 Å². The normalized spacial score (nSPS) is 10.6. The molecule has 0 unspecified atom stereocenters. The Morgan fingerprint density at radius 2 is 1.48 bits per heavy atom. The van der Waals surface area contributed by atoms with Gasteiger partial charge in [0.15, 0.2) is 0 Å². The van der Waals surface area contributed by atoms with Gasteiger partial charge in [-0.05, 0) is 78.7 Å². The first-order chi connectivity index (χ1) is 19.3. The van der Waals surface area contributed by atoms with Gasteiger partial charge in [0.05, 0.1) is 28.1 Å². The fourth-order valence-corrected chi connectivity index (χ4v) is 3.73. The lowest BCUT2D eigenvalue weighted by Crippen LogP contribution is -2.33. The molecule has 0 aromatic heterocycles. The fourth-order valence-electron chi connectivity index (χ4n) is 3.52. The lowest BCUT2D eigenvalue weighted by Gasteiger charge is -2.11. The highest BCUT2D eigenvalue weighted by atomic mass is 35.5. The Morgan fingerprint density at radius 3 is 2.20 bits per heavy atom. The predicted octanol–water partition coefficient (Wildman–Crippen LogP) is 5.21. The Morgan fingerprint density at radius 1 is 0.775 bits per heavy atom. The number of rotatable bonds is 7. The molecule has 0 saturated heterocycles. The number of nitrogens with zero attached hydrogens (tertiary/aromatic N) is 1. The standard InChI is InChI=1S/C30H23ClN4O5/c1-19-7-6-8-21(17-19)33-27(36)24-10-3-5-12-26(24)34-28(37)29(38)35-32-18-20-13-15-22(16-14-20)40-30(39)23-9-2-4-11-25(23)31/h2-18H,1H3,(H,33,36)(H,34,37)(H,35,38).